The normalized spacial score (nSPS) is 22.0. The van der Waals surface area contributed by atoms with Crippen LogP contribution in [-0.4, -0.2) is 47.9 Å². The average Bonchev–Trinajstić information content (AvgIpc) is 2.58. The lowest BCUT2D eigenvalue weighted by Gasteiger charge is -2.36. The molecular weight excluding hydrogens is 314 g/mol. The largest absolute Gasteiger partial charge is 0.369 e. The van der Waals surface area contributed by atoms with E-state index < -0.39 is 0 Å². The Bertz CT molecular complexity index is 636. The van der Waals surface area contributed by atoms with Crippen LogP contribution in [0.4, 0.5) is 11.4 Å². The first-order chi connectivity index (χ1) is 11.1. The Balaban J connectivity index is 1.55. The van der Waals surface area contributed by atoms with Crippen molar-refractivity contribution in [2.24, 2.45) is 0 Å². The Kier molecular flexibility index (Phi) is 4.98. The van der Waals surface area contributed by atoms with Crippen LogP contribution in [0.1, 0.15) is 6.42 Å². The Morgan fingerprint density at radius 2 is 2.04 bits per heavy atom. The highest BCUT2D eigenvalue weighted by Gasteiger charge is 2.19. The summed E-state index contributed by atoms with van der Waals surface area (Å²) in [7, 11) is 0. The van der Waals surface area contributed by atoms with Gasteiger partial charge in [-0.05, 0) is 18.1 Å². The van der Waals surface area contributed by atoms with Crippen LogP contribution in [0.5, 0.6) is 0 Å². The van der Waals surface area contributed by atoms with Crippen molar-refractivity contribution >= 4 is 23.0 Å². The standard InChI is InChI=1S/C17H20ClN3O2/c18-15-6-4-14(5-7-15)13-19-8-10-20(11-9-19)16-2-1-3-17(12-16)21(22)23/h1-6,12,15H,7-11,13H2. The second-order valence-electron chi connectivity index (χ2n) is 5.93. The third kappa shape index (κ3) is 4.12. The molecule has 1 fully saturated rings. The number of rotatable bonds is 4. The molecule has 1 aliphatic carbocycles. The van der Waals surface area contributed by atoms with E-state index >= 15 is 0 Å². The summed E-state index contributed by atoms with van der Waals surface area (Å²) in [5, 5.41) is 11.0. The molecule has 0 spiro atoms. The molecule has 5 nitrogen and oxygen atoms in total. The van der Waals surface area contributed by atoms with Crippen molar-refractivity contribution in [1.82, 2.24) is 4.90 Å². The molecule has 0 aromatic heterocycles. The van der Waals surface area contributed by atoms with Gasteiger partial charge in [0.1, 0.15) is 0 Å². The zero-order chi connectivity index (χ0) is 16.2. The van der Waals surface area contributed by atoms with E-state index in [-0.39, 0.29) is 16.0 Å². The van der Waals surface area contributed by atoms with Crippen molar-refractivity contribution in [2.45, 2.75) is 11.8 Å². The third-order valence-corrected chi connectivity index (χ3v) is 4.63. The monoisotopic (exact) mass is 333 g/mol. The predicted octanol–water partition coefficient (Wildman–Crippen LogP) is 3.21. The first-order valence-corrected chi connectivity index (χ1v) is 8.28. The van der Waals surface area contributed by atoms with E-state index in [2.05, 4.69) is 28.0 Å². The number of alkyl halides is 1. The molecule has 1 aromatic carbocycles. The third-order valence-electron chi connectivity index (χ3n) is 4.31. The predicted molar refractivity (Wildman–Crippen MR) is 93.2 cm³/mol. The Morgan fingerprint density at radius 3 is 2.70 bits per heavy atom. The average molecular weight is 334 g/mol. The zero-order valence-corrected chi connectivity index (χ0v) is 13.7. The number of halogens is 1. The molecule has 3 rings (SSSR count). The molecule has 0 saturated carbocycles. The Morgan fingerprint density at radius 1 is 1.26 bits per heavy atom. The Labute approximate surface area is 141 Å². The molecule has 2 aliphatic rings. The number of nitrogens with zero attached hydrogens (tertiary/aromatic N) is 3. The number of hydrogen-bond acceptors (Lipinski definition) is 4. The summed E-state index contributed by atoms with van der Waals surface area (Å²) in [6, 6.07) is 6.88. The molecule has 1 aliphatic heterocycles. The molecule has 122 valence electrons. The number of nitro groups is 1. The minimum Gasteiger partial charge on any atom is -0.369 e. The number of benzene rings is 1. The minimum absolute atomic E-state index is 0.129. The molecule has 0 bridgehead atoms. The lowest BCUT2D eigenvalue weighted by Crippen LogP contribution is -2.46. The van der Waals surface area contributed by atoms with Gasteiger partial charge in [0.25, 0.3) is 5.69 Å². The van der Waals surface area contributed by atoms with Crippen LogP contribution in [0.15, 0.2) is 48.1 Å². The fraction of sp³-hybridized carbons (Fsp3) is 0.412. The van der Waals surface area contributed by atoms with Crippen molar-refractivity contribution in [3.8, 4) is 0 Å². The topological polar surface area (TPSA) is 49.6 Å². The SMILES string of the molecule is O=[N+]([O-])c1cccc(N2CCN(CC3=CCC(Cl)C=C3)CC2)c1. The molecule has 1 unspecified atom stereocenters. The molecule has 1 atom stereocenters. The summed E-state index contributed by atoms with van der Waals surface area (Å²) >= 11 is 6.05. The first kappa shape index (κ1) is 16.0. The van der Waals surface area contributed by atoms with E-state index in [0.29, 0.717) is 0 Å². The van der Waals surface area contributed by atoms with Gasteiger partial charge in [-0.3, -0.25) is 15.0 Å². The van der Waals surface area contributed by atoms with Gasteiger partial charge in [-0.2, -0.15) is 0 Å². The number of piperazine rings is 1. The Hall–Kier alpha value is -1.85. The van der Waals surface area contributed by atoms with Crippen molar-refractivity contribution < 1.29 is 4.92 Å². The molecule has 23 heavy (non-hydrogen) atoms. The van der Waals surface area contributed by atoms with E-state index in [4.69, 9.17) is 11.6 Å². The van der Waals surface area contributed by atoms with E-state index in [9.17, 15) is 10.1 Å². The lowest BCUT2D eigenvalue weighted by atomic mass is 10.1. The molecule has 1 aromatic rings. The summed E-state index contributed by atoms with van der Waals surface area (Å²) in [5.41, 5.74) is 2.41. The van der Waals surface area contributed by atoms with Gasteiger partial charge < -0.3 is 4.90 Å². The molecule has 0 N–H and O–H groups in total. The van der Waals surface area contributed by atoms with Gasteiger partial charge >= 0.3 is 0 Å². The highest BCUT2D eigenvalue weighted by molar-refractivity contribution is 6.22. The second kappa shape index (κ2) is 7.15. The van der Waals surface area contributed by atoms with Crippen LogP contribution in [0.3, 0.4) is 0 Å². The van der Waals surface area contributed by atoms with Gasteiger partial charge in [0, 0.05) is 50.5 Å². The van der Waals surface area contributed by atoms with Crippen LogP contribution in [-0.2, 0) is 0 Å². The van der Waals surface area contributed by atoms with Gasteiger partial charge in [-0.1, -0.05) is 24.3 Å². The summed E-state index contributed by atoms with van der Waals surface area (Å²) in [5.74, 6) is 0. The van der Waals surface area contributed by atoms with E-state index in [1.807, 2.05) is 6.07 Å². The number of anilines is 1. The van der Waals surface area contributed by atoms with Crippen LogP contribution in [0.2, 0.25) is 0 Å². The number of hydrogen-bond donors (Lipinski definition) is 0. The molecule has 0 amide bonds. The van der Waals surface area contributed by atoms with Crippen molar-refractivity contribution in [1.29, 1.82) is 0 Å². The summed E-state index contributed by atoms with van der Waals surface area (Å²) < 4.78 is 0. The van der Waals surface area contributed by atoms with Crippen LogP contribution < -0.4 is 4.90 Å². The van der Waals surface area contributed by atoms with E-state index in [1.54, 1.807) is 12.1 Å². The number of non-ortho nitro benzene ring substituents is 1. The van der Waals surface area contributed by atoms with Gasteiger partial charge in [-0.15, -0.1) is 11.6 Å². The summed E-state index contributed by atoms with van der Waals surface area (Å²) in [4.78, 5) is 15.2. The highest BCUT2D eigenvalue weighted by Crippen LogP contribution is 2.23. The smallest absolute Gasteiger partial charge is 0.271 e. The van der Waals surface area contributed by atoms with Gasteiger partial charge in [-0.25, -0.2) is 0 Å². The number of allylic oxidation sites excluding steroid dienone is 2. The quantitative estimate of drug-likeness (QED) is 0.482. The maximum atomic E-state index is 10.9. The maximum absolute atomic E-state index is 10.9. The molecular formula is C17H20ClN3O2. The van der Waals surface area contributed by atoms with Gasteiger partial charge in [0.2, 0.25) is 0 Å². The molecule has 6 heteroatoms. The van der Waals surface area contributed by atoms with Crippen LogP contribution in [0.25, 0.3) is 0 Å². The molecule has 0 radical (unpaired) electrons. The van der Waals surface area contributed by atoms with Gasteiger partial charge in [0.15, 0.2) is 0 Å². The molecule has 1 heterocycles. The van der Waals surface area contributed by atoms with Gasteiger partial charge in [0.05, 0.1) is 10.3 Å². The maximum Gasteiger partial charge on any atom is 0.271 e. The second-order valence-corrected chi connectivity index (χ2v) is 6.49. The van der Waals surface area contributed by atoms with Crippen molar-refractivity contribution in [2.75, 3.05) is 37.6 Å². The van der Waals surface area contributed by atoms with Crippen LogP contribution >= 0.6 is 11.6 Å². The van der Waals surface area contributed by atoms with Crippen LogP contribution in [0, 0.1) is 10.1 Å². The summed E-state index contributed by atoms with van der Waals surface area (Å²) in [6.45, 7) is 4.63. The van der Waals surface area contributed by atoms with Crippen molar-refractivity contribution in [3.05, 3.63) is 58.2 Å². The minimum atomic E-state index is -0.341. The zero-order valence-electron chi connectivity index (χ0n) is 12.9. The fourth-order valence-corrected chi connectivity index (χ4v) is 3.14. The fourth-order valence-electron chi connectivity index (χ4n) is 2.98. The first-order valence-electron chi connectivity index (χ1n) is 7.85. The van der Waals surface area contributed by atoms with E-state index in [0.717, 1.165) is 44.8 Å². The number of nitro benzene ring substituents is 1. The van der Waals surface area contributed by atoms with Crippen molar-refractivity contribution in [3.63, 3.8) is 0 Å². The highest BCUT2D eigenvalue weighted by atomic mass is 35.5. The molecule has 1 saturated heterocycles. The van der Waals surface area contributed by atoms with E-state index in [1.165, 1.54) is 11.6 Å². The summed E-state index contributed by atoms with van der Waals surface area (Å²) in [6.07, 6.45) is 7.29. The lowest BCUT2D eigenvalue weighted by molar-refractivity contribution is -0.384.